The van der Waals surface area contributed by atoms with E-state index in [4.69, 9.17) is 14.5 Å². The Hall–Kier alpha value is -3.79. The Bertz CT molecular complexity index is 1260. The smallest absolute Gasteiger partial charge is 0.324 e. The van der Waals surface area contributed by atoms with E-state index in [0.717, 1.165) is 28.0 Å². The molecule has 2 aliphatic rings. The first-order valence-corrected chi connectivity index (χ1v) is 11.6. The van der Waals surface area contributed by atoms with Gasteiger partial charge in [0.2, 0.25) is 11.8 Å². The molecule has 3 amide bonds. The number of nitrogens with zero attached hydrogens (tertiary/aromatic N) is 6. The molecule has 0 aromatic carbocycles. The van der Waals surface area contributed by atoms with Gasteiger partial charge in [-0.25, -0.2) is 14.8 Å². The topological polar surface area (TPSA) is 101 Å². The molecule has 1 saturated heterocycles. The number of rotatable bonds is 5. The predicted molar refractivity (Wildman–Crippen MR) is 130 cm³/mol. The Kier molecular flexibility index (Phi) is 6.21. The summed E-state index contributed by atoms with van der Waals surface area (Å²) in [5.74, 6) is 0.506. The van der Waals surface area contributed by atoms with Crippen LogP contribution in [0, 0.1) is 0 Å². The number of amides is 3. The van der Waals surface area contributed by atoms with E-state index in [0.29, 0.717) is 43.9 Å². The largest absolute Gasteiger partial charge is 0.481 e. The fourth-order valence-corrected chi connectivity index (χ4v) is 4.82. The number of carbonyl (C=O) groups is 2. The standard InChI is InChI=1S/C25H28N6O4/c1-29-14-17-13-26-20-6-5-19(16-4-7-21(35-3)27-12-16)28-23(20)24(17)31(25(29)33)18-8-10-30(11-9-18)22(32)15-34-2/h4-7,12-13,18H,8-11,14-15H2,1-3H3. The average molecular weight is 477 g/mol. The zero-order valence-electron chi connectivity index (χ0n) is 20.1. The van der Waals surface area contributed by atoms with Gasteiger partial charge in [-0.1, -0.05) is 0 Å². The first kappa shape index (κ1) is 23.0. The molecule has 0 bridgehead atoms. The molecule has 5 heterocycles. The molecule has 0 saturated carbocycles. The number of likely N-dealkylation sites (tertiary alicyclic amines) is 1. The van der Waals surface area contributed by atoms with E-state index in [9.17, 15) is 9.59 Å². The van der Waals surface area contributed by atoms with Crippen molar-refractivity contribution in [1.29, 1.82) is 0 Å². The van der Waals surface area contributed by atoms with Gasteiger partial charge in [0.15, 0.2) is 0 Å². The molecule has 1 fully saturated rings. The molecule has 3 aromatic rings. The van der Waals surface area contributed by atoms with Gasteiger partial charge < -0.3 is 19.3 Å². The van der Waals surface area contributed by atoms with Crippen LogP contribution in [0.4, 0.5) is 10.5 Å². The number of piperidine rings is 1. The van der Waals surface area contributed by atoms with Crippen molar-refractivity contribution in [2.75, 3.05) is 45.9 Å². The highest BCUT2D eigenvalue weighted by Gasteiger charge is 2.37. The van der Waals surface area contributed by atoms with Crippen molar-refractivity contribution in [3.8, 4) is 17.1 Å². The number of methoxy groups -OCH3 is 2. The molecule has 0 N–H and O–H groups in total. The second kappa shape index (κ2) is 9.46. The number of pyridine rings is 3. The Labute approximate surface area is 203 Å². The van der Waals surface area contributed by atoms with Crippen molar-refractivity contribution in [3.05, 3.63) is 42.2 Å². The molecule has 10 heteroatoms. The summed E-state index contributed by atoms with van der Waals surface area (Å²) in [7, 11) is 4.90. The maximum Gasteiger partial charge on any atom is 0.324 e. The summed E-state index contributed by atoms with van der Waals surface area (Å²) in [5.41, 5.74) is 4.77. The minimum atomic E-state index is -0.0648. The molecule has 0 radical (unpaired) electrons. The van der Waals surface area contributed by atoms with Gasteiger partial charge in [0.25, 0.3) is 0 Å². The molecule has 0 unspecified atom stereocenters. The summed E-state index contributed by atoms with van der Waals surface area (Å²) in [4.78, 5) is 45.0. The summed E-state index contributed by atoms with van der Waals surface area (Å²) < 4.78 is 10.2. The van der Waals surface area contributed by atoms with Crippen LogP contribution in [0.5, 0.6) is 5.88 Å². The fraction of sp³-hybridized carbons (Fsp3) is 0.400. The summed E-state index contributed by atoms with van der Waals surface area (Å²) in [6.07, 6.45) is 4.92. The molecule has 2 aliphatic heterocycles. The van der Waals surface area contributed by atoms with Crippen LogP contribution in [-0.4, -0.2) is 83.7 Å². The van der Waals surface area contributed by atoms with Crippen molar-refractivity contribution in [3.63, 3.8) is 0 Å². The molecular weight excluding hydrogens is 448 g/mol. The summed E-state index contributed by atoms with van der Waals surface area (Å²) >= 11 is 0. The van der Waals surface area contributed by atoms with Crippen LogP contribution < -0.4 is 9.64 Å². The zero-order chi connectivity index (χ0) is 24.5. The lowest BCUT2D eigenvalue weighted by atomic mass is 9.99. The van der Waals surface area contributed by atoms with Gasteiger partial charge in [0, 0.05) is 62.9 Å². The van der Waals surface area contributed by atoms with Crippen LogP contribution in [-0.2, 0) is 16.1 Å². The molecule has 0 spiro atoms. The number of fused-ring (bicyclic) bond motifs is 3. The van der Waals surface area contributed by atoms with E-state index in [1.807, 2.05) is 29.3 Å². The third-order valence-electron chi connectivity index (χ3n) is 6.63. The van der Waals surface area contributed by atoms with Crippen molar-refractivity contribution in [2.45, 2.75) is 25.4 Å². The minimum absolute atomic E-state index is 0.0255. The molecule has 10 nitrogen and oxygen atoms in total. The van der Waals surface area contributed by atoms with Gasteiger partial charge in [-0.2, -0.15) is 0 Å². The average Bonchev–Trinajstić information content (AvgIpc) is 2.89. The van der Waals surface area contributed by atoms with Gasteiger partial charge in [-0.15, -0.1) is 0 Å². The van der Waals surface area contributed by atoms with Crippen LogP contribution in [0.3, 0.4) is 0 Å². The first-order valence-electron chi connectivity index (χ1n) is 11.6. The number of ether oxygens (including phenoxy) is 2. The van der Waals surface area contributed by atoms with Crippen molar-refractivity contribution in [1.82, 2.24) is 24.8 Å². The van der Waals surface area contributed by atoms with Crippen LogP contribution in [0.1, 0.15) is 18.4 Å². The number of aromatic nitrogens is 3. The molecule has 5 rings (SSSR count). The van der Waals surface area contributed by atoms with Gasteiger partial charge in [0.05, 0.1) is 30.6 Å². The van der Waals surface area contributed by atoms with E-state index >= 15 is 0 Å². The monoisotopic (exact) mass is 476 g/mol. The Balaban J connectivity index is 1.53. The summed E-state index contributed by atoms with van der Waals surface area (Å²) in [6.45, 7) is 1.70. The molecule has 182 valence electrons. The van der Waals surface area contributed by atoms with Crippen LogP contribution >= 0.6 is 0 Å². The Morgan fingerprint density at radius 1 is 1.09 bits per heavy atom. The molecule has 35 heavy (non-hydrogen) atoms. The lowest BCUT2D eigenvalue weighted by Gasteiger charge is -2.43. The minimum Gasteiger partial charge on any atom is -0.481 e. The third kappa shape index (κ3) is 4.25. The van der Waals surface area contributed by atoms with Crippen molar-refractivity contribution >= 4 is 28.7 Å². The highest BCUT2D eigenvalue weighted by Crippen LogP contribution is 2.37. The van der Waals surface area contributed by atoms with Gasteiger partial charge in [-0.3, -0.25) is 14.7 Å². The summed E-state index contributed by atoms with van der Waals surface area (Å²) in [6, 6.07) is 7.43. The highest BCUT2D eigenvalue weighted by molar-refractivity contribution is 6.04. The number of urea groups is 1. The second-order valence-electron chi connectivity index (χ2n) is 8.84. The van der Waals surface area contributed by atoms with Crippen LogP contribution in [0.2, 0.25) is 0 Å². The van der Waals surface area contributed by atoms with Gasteiger partial charge >= 0.3 is 6.03 Å². The van der Waals surface area contributed by atoms with Crippen molar-refractivity contribution in [2.24, 2.45) is 0 Å². The number of carbonyl (C=O) groups excluding carboxylic acids is 2. The maximum atomic E-state index is 13.5. The van der Waals surface area contributed by atoms with E-state index < -0.39 is 0 Å². The van der Waals surface area contributed by atoms with Crippen LogP contribution in [0.15, 0.2) is 36.7 Å². The number of hydrogen-bond acceptors (Lipinski definition) is 7. The van der Waals surface area contributed by atoms with E-state index in [2.05, 4.69) is 9.97 Å². The third-order valence-corrected chi connectivity index (χ3v) is 6.63. The van der Waals surface area contributed by atoms with E-state index in [1.54, 1.807) is 36.2 Å². The second-order valence-corrected chi connectivity index (χ2v) is 8.84. The first-order chi connectivity index (χ1) is 17.0. The number of anilines is 1. The zero-order valence-corrected chi connectivity index (χ0v) is 20.1. The maximum absolute atomic E-state index is 13.5. The van der Waals surface area contributed by atoms with Crippen LogP contribution in [0.25, 0.3) is 22.3 Å². The lowest BCUT2D eigenvalue weighted by molar-refractivity contribution is -0.136. The molecular formula is C25H28N6O4. The Morgan fingerprint density at radius 2 is 1.89 bits per heavy atom. The number of hydrogen-bond donors (Lipinski definition) is 0. The SMILES string of the molecule is COCC(=O)N1CCC(N2C(=O)N(C)Cc3cnc4ccc(-c5ccc(OC)nc5)nc4c32)CC1. The Morgan fingerprint density at radius 3 is 2.57 bits per heavy atom. The van der Waals surface area contributed by atoms with E-state index in [-0.39, 0.29) is 24.6 Å². The quantitative estimate of drug-likeness (QED) is 0.558. The summed E-state index contributed by atoms with van der Waals surface area (Å²) in [5, 5.41) is 0. The van der Waals surface area contributed by atoms with E-state index in [1.165, 1.54) is 7.11 Å². The van der Waals surface area contributed by atoms with Crippen molar-refractivity contribution < 1.29 is 19.1 Å². The molecule has 0 atom stereocenters. The lowest BCUT2D eigenvalue weighted by Crippen LogP contribution is -2.54. The highest BCUT2D eigenvalue weighted by atomic mass is 16.5. The molecule has 0 aliphatic carbocycles. The normalized spacial score (nSPS) is 16.5. The van der Waals surface area contributed by atoms with Gasteiger partial charge in [-0.05, 0) is 31.0 Å². The predicted octanol–water partition coefficient (Wildman–Crippen LogP) is 2.71. The van der Waals surface area contributed by atoms with Gasteiger partial charge in [0.1, 0.15) is 12.1 Å². The fourth-order valence-electron chi connectivity index (χ4n) is 4.82. The molecule has 3 aromatic heterocycles.